The summed E-state index contributed by atoms with van der Waals surface area (Å²) in [5.74, 6) is -1.06. The van der Waals surface area contributed by atoms with Crippen LogP contribution in [0, 0.1) is 0 Å². The predicted octanol–water partition coefficient (Wildman–Crippen LogP) is 2.09. The molecule has 0 amide bonds. The van der Waals surface area contributed by atoms with Crippen LogP contribution < -0.4 is 0 Å². The van der Waals surface area contributed by atoms with Crippen LogP contribution in [-0.4, -0.2) is 57.8 Å². The van der Waals surface area contributed by atoms with Gasteiger partial charge < -0.3 is 24.8 Å². The highest BCUT2D eigenvalue weighted by molar-refractivity contribution is 5.92. The summed E-state index contributed by atoms with van der Waals surface area (Å²) in [6.07, 6.45) is 2.14. The molecule has 1 aromatic carbocycles. The van der Waals surface area contributed by atoms with Crippen LogP contribution in [0.3, 0.4) is 0 Å². The van der Waals surface area contributed by atoms with Gasteiger partial charge in [-0.1, -0.05) is 18.2 Å². The van der Waals surface area contributed by atoms with Gasteiger partial charge in [-0.15, -0.1) is 0 Å². The maximum atomic E-state index is 12.0. The van der Waals surface area contributed by atoms with Crippen LogP contribution in [-0.2, 0) is 20.7 Å². The van der Waals surface area contributed by atoms with Crippen LogP contribution in [0.4, 0.5) is 0 Å². The number of ketones is 1. The normalized spacial score (nSPS) is 26.3. The molecular weight excluding hydrogens is 364 g/mol. The number of hydrogen-bond donors (Lipinski definition) is 3. The Labute approximate surface area is 164 Å². The van der Waals surface area contributed by atoms with Crippen LogP contribution in [0.5, 0.6) is 0 Å². The van der Waals surface area contributed by atoms with Gasteiger partial charge in [0.25, 0.3) is 0 Å². The van der Waals surface area contributed by atoms with E-state index in [2.05, 4.69) is 0 Å². The summed E-state index contributed by atoms with van der Waals surface area (Å²) in [6.45, 7) is 3.60. The molecule has 1 heterocycles. The van der Waals surface area contributed by atoms with E-state index in [9.17, 15) is 19.8 Å². The van der Waals surface area contributed by atoms with Crippen molar-refractivity contribution in [2.45, 2.75) is 70.2 Å². The van der Waals surface area contributed by atoms with E-state index in [0.29, 0.717) is 12.8 Å². The highest BCUT2D eigenvalue weighted by Gasteiger charge is 2.35. The Morgan fingerprint density at radius 2 is 1.93 bits per heavy atom. The molecule has 154 valence electrons. The summed E-state index contributed by atoms with van der Waals surface area (Å²) in [7, 11) is 0. The molecule has 7 nitrogen and oxygen atoms in total. The fourth-order valence-corrected chi connectivity index (χ4v) is 2.93. The minimum Gasteiger partial charge on any atom is -0.478 e. The number of hydrogen-bond acceptors (Lipinski definition) is 6. The molecule has 1 fully saturated rings. The number of benzene rings is 1. The predicted molar refractivity (Wildman–Crippen MR) is 102 cm³/mol. The second-order valence-electron chi connectivity index (χ2n) is 7.15. The van der Waals surface area contributed by atoms with Crippen molar-refractivity contribution in [3.8, 4) is 0 Å². The standard InChI is InChI=1S/C21H28O7/c1-13(27-21-19(24)12-18(23)14(2)28-21)5-3-4-6-17(22)11-15-7-9-16(10-8-15)20(25)26/h4,6-10,13-14,18-19,21,23-24H,3,5,11-12H2,1-2H3,(H,25,26)/b6-4+/t13-,14?,18-,19+,21-/m1/s1. The smallest absolute Gasteiger partial charge is 0.335 e. The third kappa shape index (κ3) is 6.83. The lowest BCUT2D eigenvalue weighted by Gasteiger charge is -2.36. The number of carbonyl (C=O) groups is 2. The van der Waals surface area contributed by atoms with Gasteiger partial charge in [0.05, 0.1) is 23.9 Å². The van der Waals surface area contributed by atoms with Gasteiger partial charge in [0.15, 0.2) is 12.1 Å². The minimum absolute atomic E-state index is 0.0644. The van der Waals surface area contributed by atoms with Crippen LogP contribution in [0.1, 0.15) is 49.0 Å². The van der Waals surface area contributed by atoms with Crippen molar-refractivity contribution in [3.05, 3.63) is 47.5 Å². The van der Waals surface area contributed by atoms with Crippen LogP contribution in [0.2, 0.25) is 0 Å². The van der Waals surface area contributed by atoms with Crippen molar-refractivity contribution in [2.75, 3.05) is 0 Å². The van der Waals surface area contributed by atoms with E-state index in [1.54, 1.807) is 25.1 Å². The molecule has 28 heavy (non-hydrogen) atoms. The highest BCUT2D eigenvalue weighted by Crippen LogP contribution is 2.22. The first-order valence-corrected chi connectivity index (χ1v) is 9.45. The average molecular weight is 392 g/mol. The Kier molecular flexibility index (Phi) is 8.32. The fourth-order valence-electron chi connectivity index (χ4n) is 2.93. The minimum atomic E-state index is -0.995. The zero-order valence-electron chi connectivity index (χ0n) is 16.2. The summed E-state index contributed by atoms with van der Waals surface area (Å²) in [5, 5.41) is 28.5. The molecule has 5 atom stereocenters. The molecule has 1 aliphatic heterocycles. The summed E-state index contributed by atoms with van der Waals surface area (Å²) in [4.78, 5) is 22.8. The van der Waals surface area contributed by atoms with E-state index >= 15 is 0 Å². The van der Waals surface area contributed by atoms with Crippen LogP contribution >= 0.6 is 0 Å². The molecular formula is C21H28O7. The van der Waals surface area contributed by atoms with E-state index in [1.165, 1.54) is 18.2 Å². The maximum absolute atomic E-state index is 12.0. The van der Waals surface area contributed by atoms with Gasteiger partial charge in [-0.05, 0) is 50.5 Å². The molecule has 0 spiro atoms. The third-order valence-electron chi connectivity index (χ3n) is 4.68. The Bertz CT molecular complexity index is 682. The van der Waals surface area contributed by atoms with Crippen LogP contribution in [0.15, 0.2) is 36.4 Å². The Morgan fingerprint density at radius 1 is 1.25 bits per heavy atom. The monoisotopic (exact) mass is 392 g/mol. The average Bonchev–Trinajstić information content (AvgIpc) is 2.63. The van der Waals surface area contributed by atoms with Gasteiger partial charge in [-0.2, -0.15) is 0 Å². The molecule has 1 aromatic rings. The Morgan fingerprint density at radius 3 is 2.57 bits per heavy atom. The lowest BCUT2D eigenvalue weighted by molar-refractivity contribution is -0.273. The number of aliphatic hydroxyl groups excluding tert-OH is 2. The summed E-state index contributed by atoms with van der Waals surface area (Å²) < 4.78 is 11.2. The van der Waals surface area contributed by atoms with Crippen molar-refractivity contribution in [3.63, 3.8) is 0 Å². The van der Waals surface area contributed by atoms with E-state index in [1.807, 2.05) is 6.92 Å². The number of carboxylic acid groups (broad SMARTS) is 1. The lowest BCUT2D eigenvalue weighted by Crippen LogP contribution is -2.48. The third-order valence-corrected chi connectivity index (χ3v) is 4.68. The fraction of sp³-hybridized carbons (Fsp3) is 0.524. The number of aromatic carboxylic acids is 1. The number of aliphatic hydroxyl groups is 2. The number of rotatable bonds is 9. The van der Waals surface area contributed by atoms with Gasteiger partial charge in [-0.25, -0.2) is 4.79 Å². The zero-order chi connectivity index (χ0) is 20.7. The summed E-state index contributed by atoms with van der Waals surface area (Å²) >= 11 is 0. The second kappa shape index (κ2) is 10.5. The summed E-state index contributed by atoms with van der Waals surface area (Å²) in [6, 6.07) is 6.24. The largest absolute Gasteiger partial charge is 0.478 e. The first kappa shape index (κ1) is 22.2. The Hall–Kier alpha value is -2.06. The zero-order valence-corrected chi connectivity index (χ0v) is 16.2. The van der Waals surface area contributed by atoms with Crippen LogP contribution in [0.25, 0.3) is 0 Å². The quantitative estimate of drug-likeness (QED) is 0.552. The number of ether oxygens (including phenoxy) is 2. The molecule has 7 heteroatoms. The molecule has 1 saturated heterocycles. The molecule has 2 rings (SSSR count). The molecule has 0 aliphatic carbocycles. The highest BCUT2D eigenvalue weighted by atomic mass is 16.7. The molecule has 0 saturated carbocycles. The van der Waals surface area contributed by atoms with Crippen molar-refractivity contribution >= 4 is 11.8 Å². The molecule has 0 aromatic heterocycles. The van der Waals surface area contributed by atoms with Crippen molar-refractivity contribution in [2.24, 2.45) is 0 Å². The van der Waals surface area contributed by atoms with Gasteiger partial charge >= 0.3 is 5.97 Å². The molecule has 1 aliphatic rings. The van der Waals surface area contributed by atoms with E-state index in [-0.39, 0.29) is 36.4 Å². The first-order valence-electron chi connectivity index (χ1n) is 9.45. The molecule has 0 radical (unpaired) electrons. The van der Waals surface area contributed by atoms with Gasteiger partial charge in [0, 0.05) is 12.8 Å². The molecule has 1 unspecified atom stereocenters. The van der Waals surface area contributed by atoms with E-state index in [4.69, 9.17) is 14.6 Å². The second-order valence-corrected chi connectivity index (χ2v) is 7.15. The number of allylic oxidation sites excluding steroid dienone is 2. The Balaban J connectivity index is 1.70. The van der Waals surface area contributed by atoms with Gasteiger partial charge in [0.2, 0.25) is 0 Å². The van der Waals surface area contributed by atoms with E-state index < -0.39 is 24.5 Å². The summed E-state index contributed by atoms with van der Waals surface area (Å²) in [5.41, 5.74) is 0.952. The lowest BCUT2D eigenvalue weighted by atomic mass is 10.0. The van der Waals surface area contributed by atoms with E-state index in [0.717, 1.165) is 5.56 Å². The first-order chi connectivity index (χ1) is 13.3. The number of carboxylic acids is 1. The SMILES string of the molecule is CC1O[C@@H](O[C@H](C)CC/C=C/C(=O)Cc2ccc(C(=O)O)cc2)[C@@H](O)C[C@H]1O. The molecule has 3 N–H and O–H groups in total. The van der Waals surface area contributed by atoms with Gasteiger partial charge in [0.1, 0.15) is 6.10 Å². The molecule has 0 bridgehead atoms. The van der Waals surface area contributed by atoms with Gasteiger partial charge in [-0.3, -0.25) is 4.79 Å². The topological polar surface area (TPSA) is 113 Å². The van der Waals surface area contributed by atoms with Crippen molar-refractivity contribution < 1.29 is 34.4 Å². The maximum Gasteiger partial charge on any atom is 0.335 e. The van der Waals surface area contributed by atoms with Crippen molar-refractivity contribution in [1.82, 2.24) is 0 Å². The van der Waals surface area contributed by atoms with Crippen molar-refractivity contribution in [1.29, 1.82) is 0 Å². The number of carbonyl (C=O) groups excluding carboxylic acids is 1.